The van der Waals surface area contributed by atoms with E-state index < -0.39 is 13.8 Å². The van der Waals surface area contributed by atoms with Gasteiger partial charge in [0, 0.05) is 10.7 Å². The van der Waals surface area contributed by atoms with E-state index in [4.69, 9.17) is 10.7 Å². The Morgan fingerprint density at radius 3 is 2.23 bits per heavy atom. The van der Waals surface area contributed by atoms with E-state index in [9.17, 15) is 12.8 Å². The van der Waals surface area contributed by atoms with Crippen molar-refractivity contribution in [1.82, 2.24) is 0 Å². The maximum atomic E-state index is 11.7. The van der Waals surface area contributed by atoms with Crippen molar-refractivity contribution in [2.75, 3.05) is 6.67 Å². The number of hydrogen-bond acceptors (Lipinski definition) is 2. The smallest absolute Gasteiger partial charge is 0.238 e. The van der Waals surface area contributed by atoms with E-state index in [0.717, 1.165) is 12.8 Å². The number of hydrogen-bond donors (Lipinski definition) is 0. The summed E-state index contributed by atoms with van der Waals surface area (Å²) in [5.41, 5.74) is 0. The zero-order valence-corrected chi connectivity index (χ0v) is 9.00. The molecule has 0 aromatic rings. The topological polar surface area (TPSA) is 34.1 Å². The zero-order chi connectivity index (χ0) is 9.95. The van der Waals surface area contributed by atoms with Gasteiger partial charge < -0.3 is 0 Å². The van der Waals surface area contributed by atoms with Gasteiger partial charge in [0.1, 0.15) is 0 Å². The standard InChI is InChI=1S/C8H14ClFO2S/c9-13(11,12)8(5-6-8)4-2-1-3-7-10/h1-7H2. The van der Waals surface area contributed by atoms with Gasteiger partial charge in [0.15, 0.2) is 0 Å². The largest absolute Gasteiger partial charge is 0.251 e. The van der Waals surface area contributed by atoms with Crippen LogP contribution in [0.5, 0.6) is 0 Å². The fourth-order valence-electron chi connectivity index (χ4n) is 1.47. The second-order valence-electron chi connectivity index (χ2n) is 3.62. The second kappa shape index (κ2) is 4.13. The lowest BCUT2D eigenvalue weighted by Gasteiger charge is -2.09. The number of halogens is 2. The predicted molar refractivity (Wildman–Crippen MR) is 51.2 cm³/mol. The van der Waals surface area contributed by atoms with Crippen molar-refractivity contribution in [3.05, 3.63) is 0 Å². The molecule has 1 fully saturated rings. The van der Waals surface area contributed by atoms with Crippen molar-refractivity contribution in [2.24, 2.45) is 0 Å². The molecule has 0 bridgehead atoms. The number of alkyl halides is 1. The molecule has 1 aliphatic carbocycles. The monoisotopic (exact) mass is 228 g/mol. The minimum Gasteiger partial charge on any atom is -0.251 e. The van der Waals surface area contributed by atoms with Crippen molar-refractivity contribution in [3.8, 4) is 0 Å². The summed E-state index contributed by atoms with van der Waals surface area (Å²) < 4.78 is 33.2. The van der Waals surface area contributed by atoms with Crippen LogP contribution >= 0.6 is 10.7 Å². The maximum absolute atomic E-state index is 11.7. The second-order valence-corrected chi connectivity index (χ2v) is 6.58. The van der Waals surface area contributed by atoms with Gasteiger partial charge in [-0.25, -0.2) is 8.42 Å². The van der Waals surface area contributed by atoms with Crippen molar-refractivity contribution >= 4 is 19.7 Å². The molecule has 2 nitrogen and oxygen atoms in total. The molecule has 0 heterocycles. The minimum atomic E-state index is -3.40. The Labute approximate surface area is 82.9 Å². The quantitative estimate of drug-likeness (QED) is 0.517. The average Bonchev–Trinajstić information content (AvgIpc) is 2.77. The Kier molecular flexibility index (Phi) is 3.57. The summed E-state index contributed by atoms with van der Waals surface area (Å²) >= 11 is 0. The Morgan fingerprint density at radius 1 is 1.23 bits per heavy atom. The van der Waals surface area contributed by atoms with E-state index in [2.05, 4.69) is 0 Å². The third-order valence-corrected chi connectivity index (χ3v) is 5.22. The highest BCUT2D eigenvalue weighted by Crippen LogP contribution is 2.49. The van der Waals surface area contributed by atoms with Gasteiger partial charge >= 0.3 is 0 Å². The number of unbranched alkanes of at least 4 members (excludes halogenated alkanes) is 2. The molecule has 0 unspecified atom stereocenters. The van der Waals surface area contributed by atoms with E-state index in [1.807, 2.05) is 0 Å². The molecule has 0 aromatic carbocycles. The van der Waals surface area contributed by atoms with E-state index >= 15 is 0 Å². The van der Waals surface area contributed by atoms with Crippen molar-refractivity contribution in [2.45, 2.75) is 43.3 Å². The lowest BCUT2D eigenvalue weighted by molar-refractivity contribution is 0.450. The van der Waals surface area contributed by atoms with Crippen LogP contribution in [-0.2, 0) is 9.05 Å². The molecular formula is C8H14ClFO2S. The molecule has 0 saturated heterocycles. The Bertz CT molecular complexity index is 259. The highest BCUT2D eigenvalue weighted by atomic mass is 35.7. The summed E-state index contributed by atoms with van der Waals surface area (Å²) in [4.78, 5) is 0. The molecule has 0 amide bonds. The van der Waals surface area contributed by atoms with Crippen LogP contribution in [0, 0.1) is 0 Å². The van der Waals surface area contributed by atoms with Crippen LogP contribution in [0.25, 0.3) is 0 Å². The molecule has 0 radical (unpaired) electrons. The van der Waals surface area contributed by atoms with Crippen LogP contribution in [0.15, 0.2) is 0 Å². The van der Waals surface area contributed by atoms with Crippen LogP contribution in [0.3, 0.4) is 0 Å². The summed E-state index contributed by atoms with van der Waals surface area (Å²) in [6.07, 6.45) is 3.99. The summed E-state index contributed by atoms with van der Waals surface area (Å²) in [5, 5.41) is 0. The lowest BCUT2D eigenvalue weighted by atomic mass is 10.1. The Hall–Kier alpha value is 0.170. The van der Waals surface area contributed by atoms with E-state index in [1.165, 1.54) is 0 Å². The summed E-state index contributed by atoms with van der Waals surface area (Å²) in [6, 6.07) is 0. The van der Waals surface area contributed by atoms with Gasteiger partial charge in [-0.1, -0.05) is 12.8 Å². The molecule has 0 aliphatic heterocycles. The first-order valence-electron chi connectivity index (χ1n) is 4.52. The van der Waals surface area contributed by atoms with Crippen LogP contribution < -0.4 is 0 Å². The first kappa shape index (κ1) is 11.2. The van der Waals surface area contributed by atoms with Gasteiger partial charge in [-0.15, -0.1) is 0 Å². The van der Waals surface area contributed by atoms with Gasteiger partial charge in [-0.2, -0.15) is 0 Å². The molecule has 1 rings (SSSR count). The van der Waals surface area contributed by atoms with Gasteiger partial charge in [0.25, 0.3) is 0 Å². The van der Waals surface area contributed by atoms with Gasteiger partial charge in [-0.3, -0.25) is 4.39 Å². The predicted octanol–water partition coefficient (Wildman–Crippen LogP) is 2.62. The molecular weight excluding hydrogens is 215 g/mol. The molecule has 5 heteroatoms. The van der Waals surface area contributed by atoms with Crippen LogP contribution in [0.2, 0.25) is 0 Å². The molecule has 78 valence electrons. The van der Waals surface area contributed by atoms with E-state index in [1.54, 1.807) is 0 Å². The third-order valence-electron chi connectivity index (χ3n) is 2.59. The lowest BCUT2D eigenvalue weighted by Crippen LogP contribution is -2.17. The molecule has 1 aliphatic rings. The molecule has 0 N–H and O–H groups in total. The zero-order valence-electron chi connectivity index (χ0n) is 7.43. The highest BCUT2D eigenvalue weighted by molar-refractivity contribution is 8.15. The molecule has 0 aromatic heterocycles. The maximum Gasteiger partial charge on any atom is 0.238 e. The van der Waals surface area contributed by atoms with Gasteiger partial charge in [0.05, 0.1) is 11.4 Å². The fourth-order valence-corrected chi connectivity index (χ4v) is 3.15. The first-order chi connectivity index (χ1) is 6.02. The van der Waals surface area contributed by atoms with Crippen LogP contribution in [0.4, 0.5) is 4.39 Å². The SMILES string of the molecule is O=S(=O)(Cl)C1(CCCCCF)CC1. The van der Waals surface area contributed by atoms with Crippen LogP contribution in [-0.4, -0.2) is 19.8 Å². The van der Waals surface area contributed by atoms with Crippen molar-refractivity contribution in [1.29, 1.82) is 0 Å². The molecule has 13 heavy (non-hydrogen) atoms. The van der Waals surface area contributed by atoms with Crippen LogP contribution in [0.1, 0.15) is 38.5 Å². The number of rotatable bonds is 6. The minimum absolute atomic E-state index is 0.319. The van der Waals surface area contributed by atoms with Crippen molar-refractivity contribution < 1.29 is 12.8 Å². The first-order valence-corrected chi connectivity index (χ1v) is 6.83. The highest BCUT2D eigenvalue weighted by Gasteiger charge is 2.52. The van der Waals surface area contributed by atoms with E-state index in [-0.39, 0.29) is 6.67 Å². The fraction of sp³-hybridized carbons (Fsp3) is 1.00. The summed E-state index contributed by atoms with van der Waals surface area (Å²) in [6.45, 7) is -0.319. The Morgan fingerprint density at radius 2 is 1.85 bits per heavy atom. The molecule has 0 spiro atoms. The summed E-state index contributed by atoms with van der Waals surface area (Å²) in [5.74, 6) is 0. The van der Waals surface area contributed by atoms with Gasteiger partial charge in [0.2, 0.25) is 9.05 Å². The summed E-state index contributed by atoms with van der Waals surface area (Å²) in [7, 11) is 1.90. The average molecular weight is 229 g/mol. The van der Waals surface area contributed by atoms with Gasteiger partial charge in [-0.05, 0) is 25.7 Å². The van der Waals surface area contributed by atoms with E-state index in [0.29, 0.717) is 25.7 Å². The van der Waals surface area contributed by atoms with Crippen molar-refractivity contribution in [3.63, 3.8) is 0 Å². The normalized spacial score (nSPS) is 20.2. The molecule has 1 saturated carbocycles. The Balaban J connectivity index is 2.29. The molecule has 0 atom stereocenters. The third kappa shape index (κ3) is 2.81.